The van der Waals surface area contributed by atoms with Gasteiger partial charge in [-0.1, -0.05) is 0 Å². The van der Waals surface area contributed by atoms with Crippen LogP contribution in [0.5, 0.6) is 0 Å². The molecule has 1 aliphatic carbocycles. The van der Waals surface area contributed by atoms with Gasteiger partial charge >= 0.3 is 123 Å². The van der Waals surface area contributed by atoms with Crippen molar-refractivity contribution < 1.29 is 18.7 Å². The van der Waals surface area contributed by atoms with Crippen molar-refractivity contribution in [3.63, 3.8) is 0 Å². The van der Waals surface area contributed by atoms with Crippen LogP contribution in [0.1, 0.15) is 48.5 Å². The molecule has 0 saturated heterocycles. The van der Waals surface area contributed by atoms with E-state index in [9.17, 15) is 0 Å². The van der Waals surface area contributed by atoms with E-state index >= 15 is 0 Å². The molecular formula is C15H31Cl2NSiTi. The third kappa shape index (κ3) is 5.30. The zero-order valence-corrected chi connectivity index (χ0v) is 18.6. The molecule has 1 rings (SSSR count). The molecule has 0 aliphatic heterocycles. The van der Waals surface area contributed by atoms with Gasteiger partial charge in [0.05, 0.1) is 0 Å². The fourth-order valence-corrected chi connectivity index (χ4v) is 11.8. The number of rotatable bonds is 3. The standard InChI is InChI=1S/C11H19Si.C4H10N.2ClH.Ti/c1-7-8(2)10(4)11(9(7)3)12(5)6;1-4(2,3)5;;;/h9H,1-6H3;5H,1-3H3;2*1H;/q;-1;;;+1. The summed E-state index contributed by atoms with van der Waals surface area (Å²) in [5.41, 5.74) is 5.04. The molecule has 0 bridgehead atoms. The molecule has 0 saturated carbocycles. The van der Waals surface area contributed by atoms with E-state index in [0.29, 0.717) is 5.92 Å². The van der Waals surface area contributed by atoms with Crippen LogP contribution in [0.4, 0.5) is 0 Å². The predicted octanol–water partition coefficient (Wildman–Crippen LogP) is 5.26. The van der Waals surface area contributed by atoms with E-state index in [-0.39, 0.29) is 49.0 Å². The summed E-state index contributed by atoms with van der Waals surface area (Å²) in [4.78, 5) is 0. The fourth-order valence-electron chi connectivity index (χ4n) is 2.78. The van der Waals surface area contributed by atoms with Crippen LogP contribution in [-0.4, -0.2) is 11.5 Å². The van der Waals surface area contributed by atoms with E-state index < -0.39 is 5.94 Å². The molecule has 0 radical (unpaired) electrons. The van der Waals surface area contributed by atoms with Crippen molar-refractivity contribution in [1.82, 2.24) is 3.80 Å². The number of nitrogens with one attached hydrogen (secondary N) is 1. The SMILES string of the molecule is CC1=C(C)C(C)C([Si](C)(C)[Ti][NH]C(C)(C)C)=C1C.Cl.Cl. The first-order valence-corrected chi connectivity index (χ1v) is 13.0. The maximum Gasteiger partial charge on any atom is -0.147 e. The summed E-state index contributed by atoms with van der Waals surface area (Å²) < 4.78 is 3.84. The molecule has 118 valence electrons. The molecular weight excluding hydrogens is 341 g/mol. The second kappa shape index (κ2) is 7.99. The van der Waals surface area contributed by atoms with Crippen LogP contribution in [0.2, 0.25) is 13.1 Å². The normalized spacial score (nSPS) is 19.8. The molecule has 0 aromatic rings. The largest absolute Gasteiger partial charge is 0.147 e. The Labute approximate surface area is 147 Å². The minimum absolute atomic E-state index is 0. The van der Waals surface area contributed by atoms with Gasteiger partial charge in [-0.25, -0.2) is 0 Å². The number of hydrogen-bond donors (Lipinski definition) is 1. The van der Waals surface area contributed by atoms with Crippen molar-refractivity contribution in [3.05, 3.63) is 21.9 Å². The van der Waals surface area contributed by atoms with Gasteiger partial charge in [0.1, 0.15) is 0 Å². The summed E-state index contributed by atoms with van der Waals surface area (Å²) in [7, 11) is 0. The Morgan fingerprint density at radius 1 is 1.00 bits per heavy atom. The molecule has 0 aromatic carbocycles. The summed E-state index contributed by atoms with van der Waals surface area (Å²) in [6.07, 6.45) is 0. The van der Waals surface area contributed by atoms with Gasteiger partial charge in [-0.2, -0.15) is 0 Å². The number of allylic oxidation sites excluding steroid dienone is 4. The van der Waals surface area contributed by atoms with E-state index in [1.54, 1.807) is 16.7 Å². The van der Waals surface area contributed by atoms with E-state index in [4.69, 9.17) is 0 Å². The van der Waals surface area contributed by atoms with Crippen LogP contribution in [0, 0.1) is 5.92 Å². The third-order valence-electron chi connectivity index (χ3n) is 4.06. The molecule has 1 unspecified atom stereocenters. The summed E-state index contributed by atoms with van der Waals surface area (Å²) in [6.45, 7) is 21.4. The van der Waals surface area contributed by atoms with Crippen LogP contribution in [0.15, 0.2) is 21.9 Å². The molecule has 20 heavy (non-hydrogen) atoms. The monoisotopic (exact) mass is 371 g/mol. The van der Waals surface area contributed by atoms with Gasteiger partial charge in [-0.15, -0.1) is 24.8 Å². The average molecular weight is 372 g/mol. The van der Waals surface area contributed by atoms with Crippen molar-refractivity contribution in [2.45, 2.75) is 67.1 Å². The van der Waals surface area contributed by atoms with Crippen molar-refractivity contribution in [1.29, 1.82) is 0 Å². The van der Waals surface area contributed by atoms with E-state index in [1.807, 2.05) is 5.20 Å². The maximum atomic E-state index is 3.84. The summed E-state index contributed by atoms with van der Waals surface area (Å²) in [6, 6.07) is 0. The first-order chi connectivity index (χ1) is 7.97. The van der Waals surface area contributed by atoms with Gasteiger partial charge in [-0.05, 0) is 0 Å². The molecule has 0 spiro atoms. The molecule has 0 aromatic heterocycles. The molecule has 0 fully saturated rings. The fraction of sp³-hybridized carbons (Fsp3) is 0.733. The van der Waals surface area contributed by atoms with Gasteiger partial charge in [0.25, 0.3) is 0 Å². The van der Waals surface area contributed by atoms with Gasteiger partial charge < -0.3 is 0 Å². The Hall–Kier alpha value is 0.951. The second-order valence-electron chi connectivity index (χ2n) is 7.19. The molecule has 1 aliphatic rings. The summed E-state index contributed by atoms with van der Waals surface area (Å²) in [5.74, 6) is -0.546. The van der Waals surface area contributed by atoms with Gasteiger partial charge in [0.2, 0.25) is 0 Å². The zero-order chi connectivity index (χ0) is 14.3. The number of hydrogen-bond acceptors (Lipinski definition) is 1. The smallest absolute Gasteiger partial charge is 0.147 e. The van der Waals surface area contributed by atoms with Crippen molar-refractivity contribution >= 4 is 30.8 Å². The Morgan fingerprint density at radius 2 is 1.45 bits per heavy atom. The molecule has 1 atom stereocenters. The topological polar surface area (TPSA) is 12.0 Å². The third-order valence-corrected chi connectivity index (χ3v) is 12.9. The average Bonchev–Trinajstić information content (AvgIpc) is 2.40. The zero-order valence-electron chi connectivity index (χ0n) is 14.4. The van der Waals surface area contributed by atoms with E-state index in [1.165, 1.54) is 0 Å². The molecule has 0 amide bonds. The Bertz CT molecular complexity index is 409. The number of halogens is 2. The van der Waals surface area contributed by atoms with Crippen LogP contribution in [0.25, 0.3) is 0 Å². The first-order valence-electron chi connectivity index (χ1n) is 6.90. The van der Waals surface area contributed by atoms with Crippen LogP contribution in [-0.2, 0) is 18.7 Å². The molecule has 1 N–H and O–H groups in total. The first kappa shape index (κ1) is 23.2. The Balaban J connectivity index is 0. The molecule has 0 heterocycles. The van der Waals surface area contributed by atoms with Crippen LogP contribution < -0.4 is 3.80 Å². The molecule has 5 heteroatoms. The predicted molar refractivity (Wildman–Crippen MR) is 95.1 cm³/mol. The second-order valence-corrected chi connectivity index (χ2v) is 18.6. The van der Waals surface area contributed by atoms with Gasteiger partial charge in [-0.3, -0.25) is 0 Å². The minimum atomic E-state index is -1.24. The summed E-state index contributed by atoms with van der Waals surface area (Å²) in [5, 5.41) is 1.81. The van der Waals surface area contributed by atoms with Crippen molar-refractivity contribution in [3.8, 4) is 0 Å². The van der Waals surface area contributed by atoms with Gasteiger partial charge in [0.15, 0.2) is 0 Å². The van der Waals surface area contributed by atoms with Crippen LogP contribution in [0.3, 0.4) is 0 Å². The van der Waals surface area contributed by atoms with Crippen LogP contribution >= 0.6 is 24.8 Å². The Kier molecular flexibility index (Phi) is 9.27. The maximum absolute atomic E-state index is 3.84. The van der Waals surface area contributed by atoms with Crippen molar-refractivity contribution in [2.24, 2.45) is 5.92 Å². The van der Waals surface area contributed by atoms with E-state index in [0.717, 1.165) is 0 Å². The van der Waals surface area contributed by atoms with E-state index in [2.05, 4.69) is 65.4 Å². The quantitative estimate of drug-likeness (QED) is 0.666. The minimum Gasteiger partial charge on any atom is -0.147 e. The Morgan fingerprint density at radius 3 is 1.75 bits per heavy atom. The molecule has 1 nitrogen and oxygen atoms in total. The van der Waals surface area contributed by atoms with Crippen molar-refractivity contribution in [2.75, 3.05) is 0 Å². The summed E-state index contributed by atoms with van der Waals surface area (Å²) >= 11 is -0.0616. The van der Waals surface area contributed by atoms with Gasteiger partial charge in [0, 0.05) is 0 Å².